The third-order valence-electron chi connectivity index (χ3n) is 3.26. The van der Waals surface area contributed by atoms with Crippen LogP contribution in [0.25, 0.3) is 0 Å². The summed E-state index contributed by atoms with van der Waals surface area (Å²) in [6.45, 7) is 3.63. The molecule has 2 heterocycles. The normalized spacial score (nSPS) is 32.6. The standard InChI is InChI=1S/C10H18N2O2/c1-14-10(13)7-12-5-8-3-2-4-11-9(8)6-12/h8-9,11H,2-7H2,1H3/t8-,9+/m0/s1. The third-order valence-corrected chi connectivity index (χ3v) is 3.26. The second-order valence-corrected chi connectivity index (χ2v) is 4.23. The molecule has 2 aliphatic heterocycles. The van der Waals surface area contributed by atoms with Gasteiger partial charge in [-0.1, -0.05) is 0 Å². The molecule has 2 atom stereocenters. The Morgan fingerprint density at radius 2 is 2.43 bits per heavy atom. The number of likely N-dealkylation sites (tertiary alicyclic amines) is 1. The van der Waals surface area contributed by atoms with E-state index in [0.717, 1.165) is 25.6 Å². The highest BCUT2D eigenvalue weighted by atomic mass is 16.5. The van der Waals surface area contributed by atoms with Gasteiger partial charge in [-0.05, 0) is 25.3 Å². The maximum Gasteiger partial charge on any atom is 0.319 e. The zero-order valence-electron chi connectivity index (χ0n) is 8.66. The van der Waals surface area contributed by atoms with E-state index in [1.165, 1.54) is 20.0 Å². The molecule has 2 fully saturated rings. The number of methoxy groups -OCH3 is 1. The Labute approximate surface area is 84.6 Å². The van der Waals surface area contributed by atoms with Crippen LogP contribution < -0.4 is 5.32 Å². The van der Waals surface area contributed by atoms with Gasteiger partial charge in [-0.3, -0.25) is 9.69 Å². The Bertz CT molecular complexity index is 206. The lowest BCUT2D eigenvalue weighted by atomic mass is 9.94. The lowest BCUT2D eigenvalue weighted by Crippen LogP contribution is -2.40. The number of carbonyl (C=O) groups excluding carboxylic acids is 1. The summed E-state index contributed by atoms with van der Waals surface area (Å²) in [4.78, 5) is 13.3. The fourth-order valence-electron chi connectivity index (χ4n) is 2.51. The molecule has 0 aromatic rings. The van der Waals surface area contributed by atoms with Gasteiger partial charge in [-0.25, -0.2) is 0 Å². The zero-order chi connectivity index (χ0) is 9.97. The average molecular weight is 198 g/mol. The first kappa shape index (κ1) is 9.93. The molecule has 2 saturated heterocycles. The van der Waals surface area contributed by atoms with Crippen LogP contribution >= 0.6 is 0 Å². The molecule has 0 spiro atoms. The SMILES string of the molecule is COC(=O)CN1C[C@@H]2CCCN[C@@H]2C1. The summed E-state index contributed by atoms with van der Waals surface area (Å²) >= 11 is 0. The van der Waals surface area contributed by atoms with Crippen molar-refractivity contribution in [3.63, 3.8) is 0 Å². The molecule has 14 heavy (non-hydrogen) atoms. The summed E-state index contributed by atoms with van der Waals surface area (Å²) in [5.74, 6) is 0.622. The maximum absolute atomic E-state index is 11.1. The fraction of sp³-hybridized carbons (Fsp3) is 0.900. The van der Waals surface area contributed by atoms with E-state index in [1.807, 2.05) is 0 Å². The van der Waals surface area contributed by atoms with Gasteiger partial charge in [0.2, 0.25) is 0 Å². The monoisotopic (exact) mass is 198 g/mol. The number of fused-ring (bicyclic) bond motifs is 1. The molecule has 2 rings (SSSR count). The van der Waals surface area contributed by atoms with Crippen LogP contribution in [0.2, 0.25) is 0 Å². The van der Waals surface area contributed by atoms with Crippen LogP contribution in [0.1, 0.15) is 12.8 Å². The molecular formula is C10H18N2O2. The van der Waals surface area contributed by atoms with Crippen LogP contribution in [0.4, 0.5) is 0 Å². The number of carbonyl (C=O) groups is 1. The molecule has 0 aliphatic carbocycles. The third kappa shape index (κ3) is 2.07. The van der Waals surface area contributed by atoms with E-state index in [0.29, 0.717) is 12.6 Å². The van der Waals surface area contributed by atoms with E-state index in [9.17, 15) is 4.79 Å². The number of hydrogen-bond acceptors (Lipinski definition) is 4. The van der Waals surface area contributed by atoms with E-state index in [1.54, 1.807) is 0 Å². The minimum atomic E-state index is -0.122. The molecule has 0 unspecified atom stereocenters. The second kappa shape index (κ2) is 4.28. The Morgan fingerprint density at radius 3 is 3.14 bits per heavy atom. The smallest absolute Gasteiger partial charge is 0.319 e. The number of hydrogen-bond donors (Lipinski definition) is 1. The summed E-state index contributed by atoms with van der Waals surface area (Å²) < 4.78 is 4.66. The van der Waals surface area contributed by atoms with Gasteiger partial charge in [-0.15, -0.1) is 0 Å². The molecule has 0 aromatic carbocycles. The van der Waals surface area contributed by atoms with Crippen molar-refractivity contribution in [1.82, 2.24) is 10.2 Å². The zero-order valence-corrected chi connectivity index (χ0v) is 8.66. The van der Waals surface area contributed by atoms with Gasteiger partial charge in [0.25, 0.3) is 0 Å². The minimum absolute atomic E-state index is 0.122. The summed E-state index contributed by atoms with van der Waals surface area (Å²) in [7, 11) is 1.45. The van der Waals surface area contributed by atoms with Crippen molar-refractivity contribution in [3.05, 3.63) is 0 Å². The average Bonchev–Trinajstić information content (AvgIpc) is 2.59. The number of nitrogens with zero attached hydrogens (tertiary/aromatic N) is 1. The van der Waals surface area contributed by atoms with E-state index in [2.05, 4.69) is 15.0 Å². The molecule has 0 amide bonds. The van der Waals surface area contributed by atoms with Crippen LogP contribution in [-0.2, 0) is 9.53 Å². The van der Waals surface area contributed by atoms with Crippen molar-refractivity contribution in [2.75, 3.05) is 33.3 Å². The van der Waals surface area contributed by atoms with Gasteiger partial charge in [0.15, 0.2) is 0 Å². The molecule has 0 radical (unpaired) electrons. The van der Waals surface area contributed by atoms with E-state index in [-0.39, 0.29) is 5.97 Å². The number of ether oxygens (including phenoxy) is 1. The Morgan fingerprint density at radius 1 is 1.57 bits per heavy atom. The van der Waals surface area contributed by atoms with Gasteiger partial charge >= 0.3 is 5.97 Å². The number of esters is 1. The highest BCUT2D eigenvalue weighted by molar-refractivity contribution is 5.71. The number of piperidine rings is 1. The van der Waals surface area contributed by atoms with Crippen LogP contribution in [-0.4, -0.2) is 50.2 Å². The largest absolute Gasteiger partial charge is 0.468 e. The Hall–Kier alpha value is -0.610. The topological polar surface area (TPSA) is 41.6 Å². The quantitative estimate of drug-likeness (QED) is 0.626. The van der Waals surface area contributed by atoms with Crippen LogP contribution in [0.5, 0.6) is 0 Å². The lowest BCUT2D eigenvalue weighted by Gasteiger charge is -2.24. The maximum atomic E-state index is 11.1. The van der Waals surface area contributed by atoms with Gasteiger partial charge in [0.05, 0.1) is 13.7 Å². The molecule has 0 saturated carbocycles. The van der Waals surface area contributed by atoms with Crippen molar-refractivity contribution < 1.29 is 9.53 Å². The molecule has 2 aliphatic rings. The summed E-state index contributed by atoms with van der Waals surface area (Å²) in [5, 5.41) is 3.51. The van der Waals surface area contributed by atoms with E-state index < -0.39 is 0 Å². The second-order valence-electron chi connectivity index (χ2n) is 4.23. The van der Waals surface area contributed by atoms with Crippen molar-refractivity contribution in [2.24, 2.45) is 5.92 Å². The minimum Gasteiger partial charge on any atom is -0.468 e. The first-order valence-corrected chi connectivity index (χ1v) is 5.32. The first-order chi connectivity index (χ1) is 6.79. The van der Waals surface area contributed by atoms with Crippen molar-refractivity contribution in [3.8, 4) is 0 Å². The van der Waals surface area contributed by atoms with Gasteiger partial charge < -0.3 is 10.1 Å². The van der Waals surface area contributed by atoms with Crippen molar-refractivity contribution in [2.45, 2.75) is 18.9 Å². The number of nitrogens with one attached hydrogen (secondary N) is 1. The fourth-order valence-corrected chi connectivity index (χ4v) is 2.51. The molecule has 4 nitrogen and oxygen atoms in total. The summed E-state index contributed by atoms with van der Waals surface area (Å²) in [6, 6.07) is 0.605. The van der Waals surface area contributed by atoms with Gasteiger partial charge in [0.1, 0.15) is 0 Å². The molecule has 1 N–H and O–H groups in total. The Balaban J connectivity index is 1.83. The van der Waals surface area contributed by atoms with Crippen LogP contribution in [0.3, 0.4) is 0 Å². The predicted octanol–water partition coefficient (Wildman–Crippen LogP) is -0.157. The Kier molecular flexibility index (Phi) is 3.03. The van der Waals surface area contributed by atoms with Gasteiger partial charge in [0, 0.05) is 19.1 Å². The first-order valence-electron chi connectivity index (χ1n) is 5.32. The highest BCUT2D eigenvalue weighted by Crippen LogP contribution is 2.24. The summed E-state index contributed by atoms with van der Waals surface area (Å²) in [5.41, 5.74) is 0. The summed E-state index contributed by atoms with van der Waals surface area (Å²) in [6.07, 6.45) is 2.57. The van der Waals surface area contributed by atoms with Gasteiger partial charge in [-0.2, -0.15) is 0 Å². The van der Waals surface area contributed by atoms with E-state index in [4.69, 9.17) is 0 Å². The molecule has 0 aromatic heterocycles. The van der Waals surface area contributed by atoms with Crippen LogP contribution in [0, 0.1) is 5.92 Å². The lowest BCUT2D eigenvalue weighted by molar-refractivity contribution is -0.141. The van der Waals surface area contributed by atoms with E-state index >= 15 is 0 Å². The van der Waals surface area contributed by atoms with Crippen LogP contribution in [0.15, 0.2) is 0 Å². The predicted molar refractivity (Wildman–Crippen MR) is 53.0 cm³/mol. The molecule has 4 heteroatoms. The number of rotatable bonds is 2. The molecule has 80 valence electrons. The molecular weight excluding hydrogens is 180 g/mol. The van der Waals surface area contributed by atoms with Crippen molar-refractivity contribution in [1.29, 1.82) is 0 Å². The van der Waals surface area contributed by atoms with Crippen molar-refractivity contribution >= 4 is 5.97 Å². The highest BCUT2D eigenvalue weighted by Gasteiger charge is 2.34. The molecule has 0 bridgehead atoms.